The van der Waals surface area contributed by atoms with E-state index >= 15 is 0 Å². The van der Waals surface area contributed by atoms with Crippen molar-refractivity contribution in [2.45, 2.75) is 24.5 Å². The third kappa shape index (κ3) is 1.81. The summed E-state index contributed by atoms with van der Waals surface area (Å²) in [5.74, 6) is 2.54. The predicted octanol–water partition coefficient (Wildman–Crippen LogP) is 0.541. The second-order valence-electron chi connectivity index (χ2n) is 4.30. The predicted molar refractivity (Wildman–Crippen MR) is 60.7 cm³/mol. The standard InChI is InChI=1S/C10H20N2OS/c1-13-9-6-12(7-9)10(8-11)2-4-14-5-3-10/h9H,2-8,11H2,1H3. The molecule has 0 amide bonds. The third-order valence-corrected chi connectivity index (χ3v) is 4.64. The lowest BCUT2D eigenvalue weighted by Crippen LogP contribution is -2.66. The lowest BCUT2D eigenvalue weighted by atomic mass is 9.86. The highest BCUT2D eigenvalue weighted by Gasteiger charge is 2.43. The van der Waals surface area contributed by atoms with Gasteiger partial charge in [-0.1, -0.05) is 0 Å². The van der Waals surface area contributed by atoms with Crippen LogP contribution in [0.5, 0.6) is 0 Å². The van der Waals surface area contributed by atoms with Crippen LogP contribution >= 0.6 is 11.8 Å². The van der Waals surface area contributed by atoms with Gasteiger partial charge in [0, 0.05) is 32.3 Å². The van der Waals surface area contributed by atoms with Gasteiger partial charge < -0.3 is 10.5 Å². The number of rotatable bonds is 3. The quantitative estimate of drug-likeness (QED) is 0.747. The van der Waals surface area contributed by atoms with Gasteiger partial charge in [0.2, 0.25) is 0 Å². The number of hydrogen-bond donors (Lipinski definition) is 1. The molecule has 0 aromatic heterocycles. The summed E-state index contributed by atoms with van der Waals surface area (Å²) >= 11 is 2.06. The zero-order valence-electron chi connectivity index (χ0n) is 8.87. The summed E-state index contributed by atoms with van der Waals surface area (Å²) in [6.45, 7) is 2.97. The summed E-state index contributed by atoms with van der Waals surface area (Å²) in [6.07, 6.45) is 2.96. The smallest absolute Gasteiger partial charge is 0.0825 e. The van der Waals surface area contributed by atoms with Crippen molar-refractivity contribution >= 4 is 11.8 Å². The first-order valence-electron chi connectivity index (χ1n) is 5.36. The largest absolute Gasteiger partial charge is 0.379 e. The Kier molecular flexibility index (Phi) is 3.37. The van der Waals surface area contributed by atoms with Crippen LogP contribution in [0.15, 0.2) is 0 Å². The van der Waals surface area contributed by atoms with Gasteiger partial charge in [0.05, 0.1) is 6.10 Å². The molecule has 0 atom stereocenters. The van der Waals surface area contributed by atoms with Crippen LogP contribution in [-0.4, -0.2) is 54.8 Å². The molecule has 0 bridgehead atoms. The van der Waals surface area contributed by atoms with Crippen LogP contribution in [0.3, 0.4) is 0 Å². The molecule has 14 heavy (non-hydrogen) atoms. The third-order valence-electron chi connectivity index (χ3n) is 3.66. The van der Waals surface area contributed by atoms with Crippen LogP contribution in [0.25, 0.3) is 0 Å². The molecule has 2 saturated heterocycles. The number of nitrogens with zero attached hydrogens (tertiary/aromatic N) is 1. The monoisotopic (exact) mass is 216 g/mol. The van der Waals surface area contributed by atoms with Crippen LogP contribution < -0.4 is 5.73 Å². The van der Waals surface area contributed by atoms with E-state index in [9.17, 15) is 0 Å². The Morgan fingerprint density at radius 2 is 2.07 bits per heavy atom. The molecule has 0 spiro atoms. The average molecular weight is 216 g/mol. The van der Waals surface area contributed by atoms with Crippen molar-refractivity contribution in [2.75, 3.05) is 38.2 Å². The second kappa shape index (κ2) is 4.39. The molecule has 0 aromatic carbocycles. The SMILES string of the molecule is COC1CN(C2(CN)CCSCC2)C1. The van der Waals surface area contributed by atoms with E-state index in [1.54, 1.807) is 7.11 Å². The molecule has 4 heteroatoms. The Balaban J connectivity index is 1.92. The molecule has 0 aliphatic carbocycles. The normalized spacial score (nSPS) is 28.7. The molecule has 2 fully saturated rings. The van der Waals surface area contributed by atoms with Gasteiger partial charge in [-0.15, -0.1) is 0 Å². The minimum Gasteiger partial charge on any atom is -0.379 e. The van der Waals surface area contributed by atoms with Crippen molar-refractivity contribution in [3.63, 3.8) is 0 Å². The molecular weight excluding hydrogens is 196 g/mol. The lowest BCUT2D eigenvalue weighted by Gasteiger charge is -2.53. The molecule has 2 heterocycles. The van der Waals surface area contributed by atoms with Crippen molar-refractivity contribution in [2.24, 2.45) is 5.73 Å². The molecule has 82 valence electrons. The van der Waals surface area contributed by atoms with Gasteiger partial charge in [0.15, 0.2) is 0 Å². The number of methoxy groups -OCH3 is 1. The average Bonchev–Trinajstić information content (AvgIpc) is 2.18. The fourth-order valence-electron chi connectivity index (χ4n) is 2.38. The van der Waals surface area contributed by atoms with Gasteiger partial charge in [-0.05, 0) is 24.3 Å². The second-order valence-corrected chi connectivity index (χ2v) is 5.53. The van der Waals surface area contributed by atoms with Crippen LogP contribution in [0.2, 0.25) is 0 Å². The van der Waals surface area contributed by atoms with E-state index in [1.165, 1.54) is 24.3 Å². The Hall–Kier alpha value is 0.230. The Labute approximate surface area is 90.3 Å². The molecule has 0 aromatic rings. The van der Waals surface area contributed by atoms with E-state index in [0.717, 1.165) is 19.6 Å². The van der Waals surface area contributed by atoms with E-state index in [2.05, 4.69) is 16.7 Å². The minimum atomic E-state index is 0.306. The molecule has 2 aliphatic heterocycles. The highest BCUT2D eigenvalue weighted by atomic mass is 32.2. The Bertz CT molecular complexity index is 189. The van der Waals surface area contributed by atoms with Crippen molar-refractivity contribution in [3.8, 4) is 0 Å². The van der Waals surface area contributed by atoms with Gasteiger partial charge >= 0.3 is 0 Å². The van der Waals surface area contributed by atoms with Crippen LogP contribution in [0.1, 0.15) is 12.8 Å². The van der Waals surface area contributed by atoms with E-state index in [1.807, 2.05) is 0 Å². The van der Waals surface area contributed by atoms with E-state index < -0.39 is 0 Å². The Morgan fingerprint density at radius 1 is 1.43 bits per heavy atom. The molecule has 3 nitrogen and oxygen atoms in total. The zero-order chi connectivity index (χ0) is 10.0. The van der Waals surface area contributed by atoms with Crippen molar-refractivity contribution in [1.82, 2.24) is 4.90 Å². The van der Waals surface area contributed by atoms with E-state index in [-0.39, 0.29) is 0 Å². The van der Waals surface area contributed by atoms with Gasteiger partial charge in [-0.25, -0.2) is 0 Å². The first-order chi connectivity index (χ1) is 6.80. The molecule has 2 aliphatic rings. The fraction of sp³-hybridized carbons (Fsp3) is 1.00. The molecule has 0 unspecified atom stereocenters. The first-order valence-corrected chi connectivity index (χ1v) is 6.52. The Morgan fingerprint density at radius 3 is 2.57 bits per heavy atom. The number of hydrogen-bond acceptors (Lipinski definition) is 4. The molecule has 0 saturated carbocycles. The van der Waals surface area contributed by atoms with Crippen LogP contribution in [0.4, 0.5) is 0 Å². The lowest BCUT2D eigenvalue weighted by molar-refractivity contribution is -0.0861. The number of nitrogens with two attached hydrogens (primary N) is 1. The minimum absolute atomic E-state index is 0.306. The zero-order valence-corrected chi connectivity index (χ0v) is 9.68. The van der Waals surface area contributed by atoms with Gasteiger partial charge in [-0.2, -0.15) is 11.8 Å². The summed E-state index contributed by atoms with van der Waals surface area (Å²) in [6, 6.07) is 0. The highest BCUT2D eigenvalue weighted by Crippen LogP contribution is 2.35. The summed E-state index contributed by atoms with van der Waals surface area (Å²) in [4.78, 5) is 2.53. The van der Waals surface area contributed by atoms with Crippen molar-refractivity contribution in [1.29, 1.82) is 0 Å². The van der Waals surface area contributed by atoms with E-state index in [4.69, 9.17) is 10.5 Å². The van der Waals surface area contributed by atoms with E-state index in [0.29, 0.717) is 11.6 Å². The topological polar surface area (TPSA) is 38.5 Å². The summed E-state index contributed by atoms with van der Waals surface area (Å²) in [5.41, 5.74) is 6.25. The number of ether oxygens (including phenoxy) is 1. The van der Waals surface area contributed by atoms with Gasteiger partial charge in [-0.3, -0.25) is 4.90 Å². The molecule has 2 rings (SSSR count). The molecular formula is C10H20N2OS. The maximum Gasteiger partial charge on any atom is 0.0825 e. The van der Waals surface area contributed by atoms with Gasteiger partial charge in [0.1, 0.15) is 0 Å². The maximum absolute atomic E-state index is 5.94. The number of thioether (sulfide) groups is 1. The number of likely N-dealkylation sites (tertiary alicyclic amines) is 1. The van der Waals surface area contributed by atoms with Gasteiger partial charge in [0.25, 0.3) is 0 Å². The van der Waals surface area contributed by atoms with Crippen LogP contribution in [-0.2, 0) is 4.74 Å². The van der Waals surface area contributed by atoms with Crippen molar-refractivity contribution < 1.29 is 4.74 Å². The molecule has 2 N–H and O–H groups in total. The maximum atomic E-state index is 5.94. The fourth-order valence-corrected chi connectivity index (χ4v) is 3.63. The van der Waals surface area contributed by atoms with Crippen LogP contribution in [0, 0.1) is 0 Å². The summed E-state index contributed by atoms with van der Waals surface area (Å²) in [5, 5.41) is 0. The van der Waals surface area contributed by atoms with Crippen molar-refractivity contribution in [3.05, 3.63) is 0 Å². The summed E-state index contributed by atoms with van der Waals surface area (Å²) < 4.78 is 5.31. The molecule has 0 radical (unpaired) electrons. The summed E-state index contributed by atoms with van der Waals surface area (Å²) in [7, 11) is 1.80. The highest BCUT2D eigenvalue weighted by molar-refractivity contribution is 7.99. The first kappa shape index (κ1) is 10.7.